The number of rotatable bonds is 9. The van der Waals surface area contributed by atoms with Crippen LogP contribution in [0.25, 0.3) is 0 Å². The van der Waals surface area contributed by atoms with Crippen LogP contribution in [0.2, 0.25) is 0 Å². The Kier molecular flexibility index (Phi) is 8.19. The van der Waals surface area contributed by atoms with Gasteiger partial charge in [-0.15, -0.1) is 0 Å². The predicted molar refractivity (Wildman–Crippen MR) is 135 cm³/mol. The molecule has 2 heterocycles. The Bertz CT molecular complexity index is 1380. The predicted octanol–water partition coefficient (Wildman–Crippen LogP) is 4.00. The Balaban J connectivity index is 1.54. The zero-order chi connectivity index (χ0) is 27.5. The van der Waals surface area contributed by atoms with Gasteiger partial charge in [0, 0.05) is 12.7 Å². The molecule has 0 saturated heterocycles. The Morgan fingerprint density at radius 2 is 1.84 bits per heavy atom. The van der Waals surface area contributed by atoms with Gasteiger partial charge in [-0.1, -0.05) is 49.4 Å². The molecular formula is C27H28F3N3O4S. The maximum absolute atomic E-state index is 13.3. The molecule has 1 aliphatic heterocycles. The summed E-state index contributed by atoms with van der Waals surface area (Å²) in [5.74, 6) is -0.608. The number of carbonyl (C=O) groups is 1. The fourth-order valence-electron chi connectivity index (χ4n) is 4.58. The Morgan fingerprint density at radius 3 is 2.45 bits per heavy atom. The largest absolute Gasteiger partial charge is 0.401 e. The number of nitrogens with one attached hydrogen (secondary N) is 1. The number of halogens is 3. The Morgan fingerprint density at radius 1 is 1.16 bits per heavy atom. The summed E-state index contributed by atoms with van der Waals surface area (Å²) in [6.07, 6.45) is -2.72. The maximum atomic E-state index is 13.3. The molecule has 0 fully saturated rings. The number of benzene rings is 2. The van der Waals surface area contributed by atoms with Crippen molar-refractivity contribution in [3.8, 4) is 0 Å². The molecule has 11 heteroatoms. The topological polar surface area (TPSA) is 99.6 Å². The number of aromatic nitrogens is 1. The van der Waals surface area contributed by atoms with E-state index in [9.17, 15) is 31.5 Å². The first-order valence-corrected chi connectivity index (χ1v) is 13.7. The van der Waals surface area contributed by atoms with E-state index in [1.54, 1.807) is 0 Å². The molecule has 2 N–H and O–H groups in total. The third-order valence-corrected chi connectivity index (χ3v) is 8.31. The van der Waals surface area contributed by atoms with Gasteiger partial charge in [-0.25, -0.2) is 8.42 Å². The molecule has 2 aromatic carbocycles. The van der Waals surface area contributed by atoms with Gasteiger partial charge in [-0.3, -0.25) is 14.7 Å². The number of fused-ring (bicyclic) bond motifs is 1. The van der Waals surface area contributed by atoms with E-state index in [4.69, 9.17) is 0 Å². The number of carbonyl (C=O) groups excluding carboxylic acids is 1. The van der Waals surface area contributed by atoms with Gasteiger partial charge < -0.3 is 10.4 Å². The molecule has 2 atom stereocenters. The monoisotopic (exact) mass is 547 g/mol. The Labute approximate surface area is 219 Å². The molecule has 7 nitrogen and oxygen atoms in total. The average Bonchev–Trinajstić information content (AvgIpc) is 3.22. The van der Waals surface area contributed by atoms with Gasteiger partial charge in [0.2, 0.25) is 0 Å². The number of pyridine rings is 1. The molecule has 0 saturated carbocycles. The van der Waals surface area contributed by atoms with Gasteiger partial charge in [0.1, 0.15) is 0 Å². The van der Waals surface area contributed by atoms with Crippen molar-refractivity contribution >= 4 is 15.7 Å². The fraction of sp³-hybridized carbons (Fsp3) is 0.333. The number of aliphatic hydroxyl groups is 1. The Hall–Kier alpha value is -3.28. The quantitative estimate of drug-likeness (QED) is 0.420. The van der Waals surface area contributed by atoms with E-state index in [1.165, 1.54) is 48.4 Å². The van der Waals surface area contributed by atoms with E-state index < -0.39 is 47.2 Å². The molecule has 0 spiro atoms. The van der Waals surface area contributed by atoms with E-state index in [0.717, 1.165) is 5.56 Å². The highest BCUT2D eigenvalue weighted by Crippen LogP contribution is 2.37. The van der Waals surface area contributed by atoms with Gasteiger partial charge >= 0.3 is 6.18 Å². The maximum Gasteiger partial charge on any atom is 0.401 e. The van der Waals surface area contributed by atoms with Gasteiger partial charge in [0.15, 0.2) is 9.84 Å². The lowest BCUT2D eigenvalue weighted by Crippen LogP contribution is -2.34. The zero-order valence-corrected chi connectivity index (χ0v) is 21.5. The molecule has 0 bridgehead atoms. The molecule has 1 aliphatic rings. The highest BCUT2D eigenvalue weighted by Gasteiger charge is 2.39. The summed E-state index contributed by atoms with van der Waals surface area (Å²) in [5, 5.41) is 12.6. The minimum Gasteiger partial charge on any atom is -0.394 e. The van der Waals surface area contributed by atoms with E-state index in [-0.39, 0.29) is 22.8 Å². The van der Waals surface area contributed by atoms with Gasteiger partial charge in [-0.2, -0.15) is 13.2 Å². The molecule has 1 aromatic heterocycles. The molecule has 0 unspecified atom stereocenters. The van der Waals surface area contributed by atoms with Crippen molar-refractivity contribution in [1.82, 2.24) is 15.2 Å². The summed E-state index contributed by atoms with van der Waals surface area (Å²) in [4.78, 5) is 18.8. The standard InChI is InChI=1S/C27H28F3N3O4S/c1-2-38(36,37)22-10-8-19(9-11-22)23(16-34)32-26(35)20-13-21-15-33(17-27(28,29)30)24(25(21)31-14-20)12-18-6-4-3-5-7-18/h3-11,13-14,23-24,34H,2,12,15-17H2,1H3,(H,32,35)/t23-,24-/m0/s1. The third-order valence-electron chi connectivity index (χ3n) is 6.56. The number of sulfone groups is 1. The van der Waals surface area contributed by atoms with E-state index in [1.807, 2.05) is 30.3 Å². The van der Waals surface area contributed by atoms with Crippen LogP contribution >= 0.6 is 0 Å². The van der Waals surface area contributed by atoms with Gasteiger partial charge in [-0.05, 0) is 41.3 Å². The minimum atomic E-state index is -4.39. The number of nitrogens with zero attached hydrogens (tertiary/aromatic N) is 2. The SMILES string of the molecule is CCS(=O)(=O)c1ccc([C@H](CO)NC(=O)c2cnc3c(c2)CN(CC(F)(F)F)[C@H]3Cc2ccccc2)cc1. The van der Waals surface area contributed by atoms with Crippen molar-refractivity contribution in [3.05, 3.63) is 94.8 Å². The average molecular weight is 548 g/mol. The first-order chi connectivity index (χ1) is 18.0. The number of aliphatic hydroxyl groups excluding tert-OH is 1. The van der Waals surface area contributed by atoms with Crippen LogP contribution in [0, 0.1) is 0 Å². The second kappa shape index (κ2) is 11.2. The molecule has 4 rings (SSSR count). The fourth-order valence-corrected chi connectivity index (χ4v) is 5.47. The lowest BCUT2D eigenvalue weighted by atomic mass is 10.0. The lowest BCUT2D eigenvalue weighted by molar-refractivity contribution is -0.151. The van der Waals surface area contributed by atoms with Crippen LogP contribution in [0.4, 0.5) is 13.2 Å². The highest BCUT2D eigenvalue weighted by atomic mass is 32.2. The van der Waals surface area contributed by atoms with E-state index in [2.05, 4.69) is 10.3 Å². The summed E-state index contributed by atoms with van der Waals surface area (Å²) in [7, 11) is -3.39. The number of hydrogen-bond donors (Lipinski definition) is 2. The summed E-state index contributed by atoms with van der Waals surface area (Å²) >= 11 is 0. The van der Waals surface area contributed by atoms with Crippen molar-refractivity contribution in [2.24, 2.45) is 0 Å². The van der Waals surface area contributed by atoms with Crippen molar-refractivity contribution < 1.29 is 31.5 Å². The summed E-state index contributed by atoms with van der Waals surface area (Å²) < 4.78 is 64.0. The molecule has 0 aliphatic carbocycles. The lowest BCUT2D eigenvalue weighted by Gasteiger charge is -2.25. The second-order valence-corrected chi connectivity index (χ2v) is 11.5. The first kappa shape index (κ1) is 27.7. The van der Waals surface area contributed by atoms with Crippen molar-refractivity contribution in [2.45, 2.75) is 43.0 Å². The van der Waals surface area contributed by atoms with E-state index in [0.29, 0.717) is 23.2 Å². The van der Waals surface area contributed by atoms with Crippen LogP contribution in [0.1, 0.15) is 51.7 Å². The second-order valence-electron chi connectivity index (χ2n) is 9.18. The number of hydrogen-bond acceptors (Lipinski definition) is 6. The minimum absolute atomic E-state index is 0.00272. The summed E-state index contributed by atoms with van der Waals surface area (Å²) in [5.41, 5.74) is 2.58. The van der Waals surface area contributed by atoms with Crippen LogP contribution in [0.15, 0.2) is 71.8 Å². The molecule has 3 aromatic rings. The van der Waals surface area contributed by atoms with Gasteiger partial charge in [0.25, 0.3) is 5.91 Å². The first-order valence-electron chi connectivity index (χ1n) is 12.1. The zero-order valence-electron chi connectivity index (χ0n) is 20.6. The molecule has 202 valence electrons. The van der Waals surface area contributed by atoms with Crippen LogP contribution < -0.4 is 5.32 Å². The number of amides is 1. The van der Waals surface area contributed by atoms with Crippen molar-refractivity contribution in [3.63, 3.8) is 0 Å². The van der Waals surface area contributed by atoms with Crippen LogP contribution in [0.3, 0.4) is 0 Å². The van der Waals surface area contributed by atoms with Crippen molar-refractivity contribution in [2.75, 3.05) is 18.9 Å². The van der Waals surface area contributed by atoms with E-state index >= 15 is 0 Å². The van der Waals surface area contributed by atoms with Gasteiger partial charge in [0.05, 0.1) is 47.1 Å². The molecule has 0 radical (unpaired) electrons. The van der Waals surface area contributed by atoms with Crippen LogP contribution in [-0.4, -0.2) is 54.4 Å². The summed E-state index contributed by atoms with van der Waals surface area (Å²) in [6.45, 7) is -0.00462. The third kappa shape index (κ3) is 6.40. The van der Waals surface area contributed by atoms with Crippen molar-refractivity contribution in [1.29, 1.82) is 0 Å². The molecular weight excluding hydrogens is 519 g/mol. The molecule has 38 heavy (non-hydrogen) atoms. The smallest absolute Gasteiger partial charge is 0.394 e. The summed E-state index contributed by atoms with van der Waals surface area (Å²) in [6, 6.07) is 15.2. The normalized spacial score (nSPS) is 16.7. The van der Waals surface area contributed by atoms with Crippen LogP contribution in [0.5, 0.6) is 0 Å². The van der Waals surface area contributed by atoms with Crippen LogP contribution in [-0.2, 0) is 22.8 Å². The molecule has 1 amide bonds. The number of alkyl halides is 3. The highest BCUT2D eigenvalue weighted by molar-refractivity contribution is 7.91.